The molecular formula is C12H21N3O. The zero-order valence-electron chi connectivity index (χ0n) is 9.91. The Hall–Kier alpha value is -1.29. The van der Waals surface area contributed by atoms with Crippen molar-refractivity contribution in [1.82, 2.24) is 4.98 Å². The van der Waals surface area contributed by atoms with Crippen molar-refractivity contribution in [2.24, 2.45) is 0 Å². The van der Waals surface area contributed by atoms with E-state index in [-0.39, 0.29) is 0 Å². The van der Waals surface area contributed by atoms with Crippen LogP contribution in [0, 0.1) is 0 Å². The third-order valence-corrected chi connectivity index (χ3v) is 2.20. The van der Waals surface area contributed by atoms with Crippen molar-refractivity contribution in [3.8, 4) is 0 Å². The predicted molar refractivity (Wildman–Crippen MR) is 67.5 cm³/mol. The second-order valence-corrected chi connectivity index (χ2v) is 3.72. The van der Waals surface area contributed by atoms with E-state index in [0.717, 1.165) is 44.1 Å². The Morgan fingerprint density at radius 3 is 2.94 bits per heavy atom. The first-order valence-corrected chi connectivity index (χ1v) is 5.86. The molecule has 3 N–H and O–H groups in total. The lowest BCUT2D eigenvalue weighted by Gasteiger charge is -2.06. The number of nitrogens with one attached hydrogen (secondary N) is 1. The molecule has 0 spiro atoms. The molecule has 90 valence electrons. The van der Waals surface area contributed by atoms with Gasteiger partial charge in [0.2, 0.25) is 0 Å². The second kappa shape index (κ2) is 7.93. The van der Waals surface area contributed by atoms with Gasteiger partial charge in [-0.2, -0.15) is 0 Å². The topological polar surface area (TPSA) is 60.2 Å². The maximum atomic E-state index is 5.64. The van der Waals surface area contributed by atoms with Crippen molar-refractivity contribution < 1.29 is 4.74 Å². The van der Waals surface area contributed by atoms with Gasteiger partial charge in [-0.1, -0.05) is 13.3 Å². The van der Waals surface area contributed by atoms with Gasteiger partial charge < -0.3 is 15.8 Å². The van der Waals surface area contributed by atoms with Gasteiger partial charge in [0, 0.05) is 37.7 Å². The van der Waals surface area contributed by atoms with Gasteiger partial charge in [-0.3, -0.25) is 0 Å². The van der Waals surface area contributed by atoms with Gasteiger partial charge in [0.15, 0.2) is 0 Å². The molecule has 0 aromatic carbocycles. The van der Waals surface area contributed by atoms with Crippen molar-refractivity contribution in [3.05, 3.63) is 18.3 Å². The van der Waals surface area contributed by atoms with Crippen molar-refractivity contribution in [1.29, 1.82) is 0 Å². The number of nitrogens with two attached hydrogens (primary N) is 1. The van der Waals surface area contributed by atoms with Crippen LogP contribution in [-0.4, -0.2) is 24.7 Å². The maximum absolute atomic E-state index is 5.64. The quantitative estimate of drug-likeness (QED) is 0.664. The van der Waals surface area contributed by atoms with Crippen LogP contribution < -0.4 is 11.1 Å². The van der Waals surface area contributed by atoms with Crippen LogP contribution in [-0.2, 0) is 4.74 Å². The number of hydrogen-bond acceptors (Lipinski definition) is 4. The summed E-state index contributed by atoms with van der Waals surface area (Å²) >= 11 is 0. The van der Waals surface area contributed by atoms with E-state index in [1.807, 2.05) is 6.07 Å². The molecule has 0 aliphatic rings. The lowest BCUT2D eigenvalue weighted by molar-refractivity contribution is 0.131. The summed E-state index contributed by atoms with van der Waals surface area (Å²) in [6, 6.07) is 3.61. The molecule has 0 aliphatic carbocycles. The molecule has 0 bridgehead atoms. The lowest BCUT2D eigenvalue weighted by Crippen LogP contribution is -2.07. The van der Waals surface area contributed by atoms with Crippen molar-refractivity contribution >= 4 is 11.5 Å². The first-order valence-electron chi connectivity index (χ1n) is 5.86. The highest BCUT2D eigenvalue weighted by Gasteiger charge is 1.93. The SMILES string of the molecule is CCCCOCCCNc1cc(N)ccn1. The van der Waals surface area contributed by atoms with Crippen LogP contribution in [0.25, 0.3) is 0 Å². The first kappa shape index (κ1) is 12.8. The molecule has 0 atom stereocenters. The summed E-state index contributed by atoms with van der Waals surface area (Å²) in [5.41, 5.74) is 6.37. The number of ether oxygens (including phenoxy) is 1. The zero-order chi connectivity index (χ0) is 11.6. The minimum absolute atomic E-state index is 0.733. The summed E-state index contributed by atoms with van der Waals surface area (Å²) in [4.78, 5) is 4.15. The summed E-state index contributed by atoms with van der Waals surface area (Å²) in [5, 5.41) is 3.21. The molecule has 0 saturated heterocycles. The lowest BCUT2D eigenvalue weighted by atomic mass is 10.3. The predicted octanol–water partition coefficient (Wildman–Crippen LogP) is 2.28. The molecule has 4 nitrogen and oxygen atoms in total. The number of pyridine rings is 1. The summed E-state index contributed by atoms with van der Waals surface area (Å²) in [7, 11) is 0. The Morgan fingerprint density at radius 2 is 2.19 bits per heavy atom. The number of nitrogens with zero attached hydrogens (tertiary/aromatic N) is 1. The monoisotopic (exact) mass is 223 g/mol. The molecule has 1 aromatic heterocycles. The average molecular weight is 223 g/mol. The fourth-order valence-electron chi connectivity index (χ4n) is 1.28. The van der Waals surface area contributed by atoms with Gasteiger partial charge in [-0.15, -0.1) is 0 Å². The van der Waals surface area contributed by atoms with E-state index < -0.39 is 0 Å². The largest absolute Gasteiger partial charge is 0.399 e. The van der Waals surface area contributed by atoms with Crippen molar-refractivity contribution in [2.45, 2.75) is 26.2 Å². The van der Waals surface area contributed by atoms with E-state index in [2.05, 4.69) is 17.2 Å². The number of anilines is 2. The number of nitrogen functional groups attached to an aromatic ring is 1. The Kier molecular flexibility index (Phi) is 6.33. The van der Waals surface area contributed by atoms with Gasteiger partial charge >= 0.3 is 0 Å². The van der Waals surface area contributed by atoms with E-state index in [4.69, 9.17) is 10.5 Å². The third-order valence-electron chi connectivity index (χ3n) is 2.20. The first-order chi connectivity index (χ1) is 7.83. The summed E-state index contributed by atoms with van der Waals surface area (Å²) in [6.07, 6.45) is 5.02. The van der Waals surface area contributed by atoms with E-state index in [1.54, 1.807) is 12.3 Å². The molecule has 1 rings (SSSR count). The normalized spacial score (nSPS) is 10.3. The van der Waals surface area contributed by atoms with Gasteiger partial charge in [0.1, 0.15) is 5.82 Å². The molecule has 0 unspecified atom stereocenters. The Morgan fingerprint density at radius 1 is 1.38 bits per heavy atom. The molecular weight excluding hydrogens is 202 g/mol. The van der Waals surface area contributed by atoms with Crippen LogP contribution in [0.3, 0.4) is 0 Å². The minimum Gasteiger partial charge on any atom is -0.399 e. The van der Waals surface area contributed by atoms with E-state index in [9.17, 15) is 0 Å². The van der Waals surface area contributed by atoms with E-state index >= 15 is 0 Å². The molecule has 0 aliphatic heterocycles. The zero-order valence-corrected chi connectivity index (χ0v) is 9.91. The molecule has 0 amide bonds. The van der Waals surface area contributed by atoms with E-state index in [0.29, 0.717) is 0 Å². The fraction of sp³-hybridized carbons (Fsp3) is 0.583. The highest BCUT2D eigenvalue weighted by molar-refractivity contribution is 5.48. The fourth-order valence-corrected chi connectivity index (χ4v) is 1.28. The second-order valence-electron chi connectivity index (χ2n) is 3.72. The maximum Gasteiger partial charge on any atom is 0.127 e. The van der Waals surface area contributed by atoms with Crippen LogP contribution in [0.2, 0.25) is 0 Å². The van der Waals surface area contributed by atoms with Crippen molar-refractivity contribution in [3.63, 3.8) is 0 Å². The van der Waals surface area contributed by atoms with Gasteiger partial charge in [-0.25, -0.2) is 4.98 Å². The number of hydrogen-bond donors (Lipinski definition) is 2. The van der Waals surface area contributed by atoms with Crippen LogP contribution in [0.5, 0.6) is 0 Å². The van der Waals surface area contributed by atoms with Crippen LogP contribution in [0.4, 0.5) is 11.5 Å². The molecule has 0 fully saturated rings. The molecule has 4 heteroatoms. The summed E-state index contributed by atoms with van der Waals surface area (Å²) in [6.45, 7) is 4.70. The van der Waals surface area contributed by atoms with Gasteiger partial charge in [-0.05, 0) is 18.9 Å². The smallest absolute Gasteiger partial charge is 0.127 e. The Bertz CT molecular complexity index is 291. The van der Waals surface area contributed by atoms with Crippen LogP contribution in [0.15, 0.2) is 18.3 Å². The molecule has 1 heterocycles. The van der Waals surface area contributed by atoms with Crippen LogP contribution in [0.1, 0.15) is 26.2 Å². The van der Waals surface area contributed by atoms with Crippen LogP contribution >= 0.6 is 0 Å². The third kappa shape index (κ3) is 5.56. The Labute approximate surface area is 97.2 Å². The average Bonchev–Trinajstić information content (AvgIpc) is 2.28. The van der Waals surface area contributed by atoms with Gasteiger partial charge in [0.05, 0.1) is 0 Å². The number of rotatable bonds is 8. The summed E-state index contributed by atoms with van der Waals surface area (Å²) in [5.74, 6) is 0.827. The molecule has 0 radical (unpaired) electrons. The summed E-state index contributed by atoms with van der Waals surface area (Å²) < 4.78 is 5.45. The standard InChI is InChI=1S/C12H21N3O/c1-2-3-8-16-9-4-6-14-12-10-11(13)5-7-15-12/h5,7,10H,2-4,6,8-9H2,1H3,(H3,13,14,15). The number of unbranched alkanes of at least 4 members (excludes halogenated alkanes) is 1. The minimum atomic E-state index is 0.733. The number of aromatic nitrogens is 1. The molecule has 0 saturated carbocycles. The van der Waals surface area contributed by atoms with Gasteiger partial charge in [0.25, 0.3) is 0 Å². The highest BCUT2D eigenvalue weighted by Crippen LogP contribution is 2.07. The molecule has 16 heavy (non-hydrogen) atoms. The van der Waals surface area contributed by atoms with Crippen molar-refractivity contribution in [2.75, 3.05) is 30.8 Å². The Balaban J connectivity index is 2.03. The highest BCUT2D eigenvalue weighted by atomic mass is 16.5. The molecule has 1 aromatic rings. The van der Waals surface area contributed by atoms with E-state index in [1.165, 1.54) is 6.42 Å².